The third-order valence-corrected chi connectivity index (χ3v) is 5.36. The molecule has 0 saturated heterocycles. The third kappa shape index (κ3) is 5.63. The highest BCUT2D eigenvalue weighted by atomic mass is 35.5. The van der Waals surface area contributed by atoms with E-state index in [-0.39, 0.29) is 18.0 Å². The number of carbonyl (C=O) groups excluding carboxylic acids is 1. The lowest BCUT2D eigenvalue weighted by Gasteiger charge is -2.21. The first kappa shape index (κ1) is 22.6. The predicted octanol–water partition coefficient (Wildman–Crippen LogP) is 3.40. The van der Waals surface area contributed by atoms with Crippen LogP contribution in [0.3, 0.4) is 0 Å². The second kappa shape index (κ2) is 10.4. The van der Waals surface area contributed by atoms with E-state index in [1.807, 2.05) is 17.0 Å². The predicted molar refractivity (Wildman–Crippen MR) is 128 cm³/mol. The molecule has 0 radical (unpaired) electrons. The number of aromatic amines is 1. The summed E-state index contributed by atoms with van der Waals surface area (Å²) in [5.74, 6) is 0.312. The van der Waals surface area contributed by atoms with Gasteiger partial charge >= 0.3 is 0 Å². The maximum Gasteiger partial charge on any atom is 0.258 e. The molecular weight excluding hydrogens is 442 g/mol. The van der Waals surface area contributed by atoms with Gasteiger partial charge in [0.15, 0.2) is 0 Å². The molecule has 4 aromatic rings. The van der Waals surface area contributed by atoms with Gasteiger partial charge in [-0.25, -0.2) is 14.6 Å². The van der Waals surface area contributed by atoms with Crippen molar-refractivity contribution in [3.63, 3.8) is 0 Å². The van der Waals surface area contributed by atoms with Gasteiger partial charge in [-0.15, -0.1) is 0 Å². The average molecular weight is 466 g/mol. The summed E-state index contributed by atoms with van der Waals surface area (Å²) in [4.78, 5) is 38.7. The van der Waals surface area contributed by atoms with Crippen LogP contribution in [-0.4, -0.2) is 48.6 Å². The van der Waals surface area contributed by atoms with Gasteiger partial charge in [0.05, 0.1) is 35.4 Å². The van der Waals surface area contributed by atoms with E-state index >= 15 is 0 Å². The Balaban J connectivity index is 1.52. The van der Waals surface area contributed by atoms with Gasteiger partial charge in [-0.2, -0.15) is 5.10 Å². The van der Waals surface area contributed by atoms with Crippen LogP contribution in [0.1, 0.15) is 25.6 Å². The van der Waals surface area contributed by atoms with E-state index in [1.54, 1.807) is 41.3 Å². The van der Waals surface area contributed by atoms with E-state index in [1.165, 1.54) is 6.33 Å². The van der Waals surface area contributed by atoms with Crippen LogP contribution >= 0.6 is 11.6 Å². The Morgan fingerprint density at radius 1 is 1.24 bits per heavy atom. The van der Waals surface area contributed by atoms with Crippen LogP contribution in [0, 0.1) is 0 Å². The van der Waals surface area contributed by atoms with Crippen molar-refractivity contribution in [1.29, 1.82) is 0 Å². The van der Waals surface area contributed by atoms with Crippen molar-refractivity contribution in [1.82, 2.24) is 29.6 Å². The van der Waals surface area contributed by atoms with Crippen molar-refractivity contribution in [3.8, 4) is 5.69 Å². The minimum Gasteiger partial charge on any atom is -0.323 e. The number of para-hydroxylation sites is 1. The molecule has 2 heterocycles. The number of anilines is 1. The second-order valence-corrected chi connectivity index (χ2v) is 8.08. The van der Waals surface area contributed by atoms with Crippen LogP contribution < -0.4 is 10.9 Å². The van der Waals surface area contributed by atoms with Crippen LogP contribution in [0.25, 0.3) is 16.6 Å². The largest absolute Gasteiger partial charge is 0.323 e. The molecule has 1 amide bonds. The lowest BCUT2D eigenvalue weighted by atomic mass is 10.2. The zero-order valence-electron chi connectivity index (χ0n) is 18.2. The molecule has 0 aliphatic carbocycles. The number of carbonyl (C=O) groups is 1. The molecule has 0 aliphatic heterocycles. The van der Waals surface area contributed by atoms with Crippen molar-refractivity contribution in [2.45, 2.75) is 26.3 Å². The first-order valence-corrected chi connectivity index (χ1v) is 11.1. The molecule has 2 aromatic carbocycles. The molecule has 0 atom stereocenters. The zero-order valence-corrected chi connectivity index (χ0v) is 18.9. The van der Waals surface area contributed by atoms with Crippen molar-refractivity contribution < 1.29 is 4.79 Å². The highest BCUT2D eigenvalue weighted by molar-refractivity contribution is 6.31. The summed E-state index contributed by atoms with van der Waals surface area (Å²) < 4.78 is 1.56. The van der Waals surface area contributed by atoms with Crippen molar-refractivity contribution >= 4 is 34.1 Å². The molecule has 4 rings (SSSR count). The number of rotatable bonds is 9. The van der Waals surface area contributed by atoms with Crippen LogP contribution in [0.15, 0.2) is 59.9 Å². The number of fused-ring (bicyclic) bond motifs is 1. The van der Waals surface area contributed by atoms with Gasteiger partial charge in [0.25, 0.3) is 5.56 Å². The Morgan fingerprint density at radius 2 is 2.09 bits per heavy atom. The molecule has 0 fully saturated rings. The summed E-state index contributed by atoms with van der Waals surface area (Å²) in [6.45, 7) is 3.25. The summed E-state index contributed by atoms with van der Waals surface area (Å²) in [5.41, 5.74) is 1.64. The van der Waals surface area contributed by atoms with Crippen molar-refractivity contribution in [2.24, 2.45) is 0 Å². The summed E-state index contributed by atoms with van der Waals surface area (Å²) in [6, 6.07) is 12.4. The minimum absolute atomic E-state index is 0.125. The van der Waals surface area contributed by atoms with Crippen LogP contribution in [0.5, 0.6) is 0 Å². The van der Waals surface area contributed by atoms with Crippen LogP contribution in [-0.2, 0) is 11.3 Å². The Hall–Kier alpha value is -3.56. The van der Waals surface area contributed by atoms with Gasteiger partial charge in [-0.3, -0.25) is 14.5 Å². The molecule has 170 valence electrons. The molecular formula is C23H24ClN7O2. The van der Waals surface area contributed by atoms with E-state index in [4.69, 9.17) is 11.6 Å². The fraction of sp³-hybridized carbons (Fsp3) is 0.261. The number of hydrogen-bond donors (Lipinski definition) is 2. The number of hydrogen-bond acceptors (Lipinski definition) is 6. The molecule has 2 aromatic heterocycles. The normalized spacial score (nSPS) is 11.2. The van der Waals surface area contributed by atoms with Crippen LogP contribution in [0.4, 0.5) is 5.69 Å². The Bertz CT molecular complexity index is 1300. The standard InChI is InChI=1S/C23H24ClN7O2/c1-2-3-10-30(12-21-27-18-7-5-4-6-17(18)23(33)29-21)13-22(32)28-19-11-16(24)8-9-20(19)31-15-25-14-26-31/h4-9,11,14-15H,2-3,10,12-13H2,1H3,(H,28,32)(H,27,29,33). The highest BCUT2D eigenvalue weighted by Crippen LogP contribution is 2.24. The van der Waals surface area contributed by atoms with Crippen molar-refractivity contribution in [2.75, 3.05) is 18.4 Å². The van der Waals surface area contributed by atoms with Gasteiger partial charge in [-0.1, -0.05) is 37.1 Å². The van der Waals surface area contributed by atoms with Crippen molar-refractivity contribution in [3.05, 3.63) is 76.3 Å². The lowest BCUT2D eigenvalue weighted by molar-refractivity contribution is -0.117. The fourth-order valence-corrected chi connectivity index (χ4v) is 3.72. The molecule has 0 spiro atoms. The van der Waals surface area contributed by atoms with Gasteiger partial charge in [-0.05, 0) is 43.3 Å². The number of nitrogens with zero attached hydrogens (tertiary/aromatic N) is 5. The van der Waals surface area contributed by atoms with Gasteiger partial charge in [0, 0.05) is 5.02 Å². The minimum atomic E-state index is -0.210. The van der Waals surface area contributed by atoms with E-state index in [9.17, 15) is 9.59 Å². The second-order valence-electron chi connectivity index (χ2n) is 7.64. The lowest BCUT2D eigenvalue weighted by Crippen LogP contribution is -2.35. The van der Waals surface area contributed by atoms with E-state index < -0.39 is 0 Å². The Kier molecular flexibility index (Phi) is 7.11. The average Bonchev–Trinajstić information content (AvgIpc) is 3.32. The third-order valence-electron chi connectivity index (χ3n) is 5.13. The first-order valence-electron chi connectivity index (χ1n) is 10.7. The van der Waals surface area contributed by atoms with Gasteiger partial charge in [0.2, 0.25) is 5.91 Å². The molecule has 33 heavy (non-hydrogen) atoms. The fourth-order valence-electron chi connectivity index (χ4n) is 3.55. The number of unbranched alkanes of at least 4 members (excludes halogenated alkanes) is 1. The number of amides is 1. The summed E-state index contributed by atoms with van der Waals surface area (Å²) in [7, 11) is 0. The van der Waals surface area contributed by atoms with E-state index in [0.29, 0.717) is 46.2 Å². The molecule has 0 aliphatic rings. The molecule has 0 bridgehead atoms. The number of halogens is 1. The van der Waals surface area contributed by atoms with Gasteiger partial charge < -0.3 is 10.3 Å². The summed E-state index contributed by atoms with van der Waals surface area (Å²) >= 11 is 6.16. The molecule has 0 unspecified atom stereocenters. The Morgan fingerprint density at radius 3 is 2.88 bits per heavy atom. The maximum atomic E-state index is 13.0. The van der Waals surface area contributed by atoms with Gasteiger partial charge in [0.1, 0.15) is 18.5 Å². The highest BCUT2D eigenvalue weighted by Gasteiger charge is 2.16. The molecule has 10 heteroatoms. The SMILES string of the molecule is CCCCN(CC(=O)Nc1cc(Cl)ccc1-n1cncn1)Cc1nc2ccccc2c(=O)[nH]1. The number of benzene rings is 2. The topological polar surface area (TPSA) is 109 Å². The van der Waals surface area contributed by atoms with Crippen LogP contribution in [0.2, 0.25) is 5.02 Å². The molecule has 0 saturated carbocycles. The Labute approximate surface area is 195 Å². The summed E-state index contributed by atoms with van der Waals surface area (Å²) in [6.07, 6.45) is 4.86. The monoisotopic (exact) mass is 465 g/mol. The maximum absolute atomic E-state index is 13.0. The number of aromatic nitrogens is 5. The first-order chi connectivity index (χ1) is 16.0. The smallest absolute Gasteiger partial charge is 0.258 e. The number of nitrogens with one attached hydrogen (secondary N) is 2. The molecule has 9 nitrogen and oxygen atoms in total. The number of H-pyrrole nitrogens is 1. The summed E-state index contributed by atoms with van der Waals surface area (Å²) in [5, 5.41) is 8.10. The van der Waals surface area contributed by atoms with E-state index in [0.717, 1.165) is 12.8 Å². The quantitative estimate of drug-likeness (QED) is 0.392. The van der Waals surface area contributed by atoms with E-state index in [2.05, 4.69) is 32.3 Å². The molecule has 2 N–H and O–H groups in total. The zero-order chi connectivity index (χ0) is 23.2.